The van der Waals surface area contributed by atoms with Gasteiger partial charge in [0.15, 0.2) is 0 Å². The summed E-state index contributed by atoms with van der Waals surface area (Å²) in [5, 5.41) is 7.56. The molecule has 5 nitrogen and oxygen atoms in total. The van der Waals surface area contributed by atoms with Gasteiger partial charge < -0.3 is 5.32 Å². The van der Waals surface area contributed by atoms with E-state index in [0.29, 0.717) is 15.7 Å². The van der Waals surface area contributed by atoms with E-state index in [1.54, 1.807) is 18.2 Å². The van der Waals surface area contributed by atoms with Gasteiger partial charge in [0.1, 0.15) is 0 Å². The Balaban J connectivity index is 1.71. The highest BCUT2D eigenvalue weighted by Crippen LogP contribution is 2.25. The number of carbonyl (C=O) groups excluding carboxylic acids is 2. The molecule has 0 fully saturated rings. The summed E-state index contributed by atoms with van der Waals surface area (Å²) in [7, 11) is 0. The van der Waals surface area contributed by atoms with Crippen molar-refractivity contribution in [3.63, 3.8) is 0 Å². The van der Waals surface area contributed by atoms with Crippen LogP contribution in [0.3, 0.4) is 0 Å². The topological polar surface area (TPSA) is 70.6 Å². The summed E-state index contributed by atoms with van der Waals surface area (Å²) in [6, 6.07) is 14.8. The van der Waals surface area contributed by atoms with E-state index in [4.69, 9.17) is 23.2 Å². The second-order valence-electron chi connectivity index (χ2n) is 6.04. The first kappa shape index (κ1) is 20.9. The Hall–Kier alpha value is -2.37. The number of nitrogens with zero attached hydrogens (tertiary/aromatic N) is 1. The molecule has 0 aromatic heterocycles. The highest BCUT2D eigenvalue weighted by atomic mass is 35.5. The Morgan fingerprint density at radius 2 is 1.67 bits per heavy atom. The van der Waals surface area contributed by atoms with Gasteiger partial charge in [0, 0.05) is 23.6 Å². The summed E-state index contributed by atoms with van der Waals surface area (Å²) in [6.07, 6.45) is 1.65. The molecule has 2 aromatic rings. The van der Waals surface area contributed by atoms with Crippen molar-refractivity contribution in [3.8, 4) is 0 Å². The fourth-order valence-corrected chi connectivity index (χ4v) is 2.61. The SMILES string of the molecule is C/C(CCc1ccccc1)=N/NC(=O)CCC(=O)Nc1cc(Cl)ccc1Cl. The van der Waals surface area contributed by atoms with Crippen LogP contribution in [-0.2, 0) is 16.0 Å². The summed E-state index contributed by atoms with van der Waals surface area (Å²) in [5.74, 6) is -0.638. The van der Waals surface area contributed by atoms with Gasteiger partial charge in [0.2, 0.25) is 11.8 Å². The molecule has 0 aliphatic carbocycles. The Kier molecular flexibility index (Phi) is 8.30. The Morgan fingerprint density at radius 3 is 2.41 bits per heavy atom. The highest BCUT2D eigenvalue weighted by molar-refractivity contribution is 6.35. The van der Waals surface area contributed by atoms with Crippen LogP contribution in [0.4, 0.5) is 5.69 Å². The van der Waals surface area contributed by atoms with Crippen molar-refractivity contribution in [3.05, 3.63) is 64.1 Å². The molecule has 0 bridgehead atoms. The number of benzene rings is 2. The zero-order valence-corrected chi connectivity index (χ0v) is 16.5. The second kappa shape index (κ2) is 10.7. The van der Waals surface area contributed by atoms with Crippen molar-refractivity contribution >= 4 is 46.4 Å². The molecule has 0 saturated carbocycles. The lowest BCUT2D eigenvalue weighted by Crippen LogP contribution is -2.21. The number of hydrogen-bond donors (Lipinski definition) is 2. The smallest absolute Gasteiger partial charge is 0.240 e. The van der Waals surface area contributed by atoms with Gasteiger partial charge >= 0.3 is 0 Å². The minimum absolute atomic E-state index is 0.0211. The molecule has 2 N–H and O–H groups in total. The van der Waals surface area contributed by atoms with Crippen LogP contribution >= 0.6 is 23.2 Å². The Morgan fingerprint density at radius 1 is 0.963 bits per heavy atom. The molecule has 0 spiro atoms. The molecule has 0 aliphatic rings. The number of nitrogens with one attached hydrogen (secondary N) is 2. The van der Waals surface area contributed by atoms with Gasteiger partial charge in [-0.2, -0.15) is 5.10 Å². The van der Waals surface area contributed by atoms with Gasteiger partial charge in [0.25, 0.3) is 0 Å². The van der Waals surface area contributed by atoms with E-state index in [2.05, 4.69) is 28.0 Å². The number of halogens is 2. The molecular formula is C20H21Cl2N3O2. The average Bonchev–Trinajstić information content (AvgIpc) is 2.66. The molecule has 0 saturated heterocycles. The van der Waals surface area contributed by atoms with Crippen molar-refractivity contribution < 1.29 is 9.59 Å². The minimum atomic E-state index is -0.320. The second-order valence-corrected chi connectivity index (χ2v) is 6.88. The van der Waals surface area contributed by atoms with Crippen LogP contribution in [0.5, 0.6) is 0 Å². The van der Waals surface area contributed by atoms with Crippen LogP contribution in [-0.4, -0.2) is 17.5 Å². The van der Waals surface area contributed by atoms with Crippen molar-refractivity contribution in [1.29, 1.82) is 0 Å². The van der Waals surface area contributed by atoms with E-state index < -0.39 is 0 Å². The van der Waals surface area contributed by atoms with Crippen molar-refractivity contribution in [1.82, 2.24) is 5.43 Å². The third-order valence-corrected chi connectivity index (χ3v) is 4.34. The maximum absolute atomic E-state index is 11.9. The van der Waals surface area contributed by atoms with E-state index in [-0.39, 0.29) is 24.7 Å². The van der Waals surface area contributed by atoms with Crippen molar-refractivity contribution in [2.24, 2.45) is 5.10 Å². The van der Waals surface area contributed by atoms with Crippen LogP contribution in [0.2, 0.25) is 10.0 Å². The van der Waals surface area contributed by atoms with Gasteiger partial charge in [-0.15, -0.1) is 0 Å². The van der Waals surface area contributed by atoms with Crippen LogP contribution in [0, 0.1) is 0 Å². The zero-order chi connectivity index (χ0) is 19.6. The number of hydrogen-bond acceptors (Lipinski definition) is 3. The fourth-order valence-electron chi connectivity index (χ4n) is 2.27. The Bertz CT molecular complexity index is 823. The number of carbonyl (C=O) groups is 2. The zero-order valence-electron chi connectivity index (χ0n) is 15.0. The third kappa shape index (κ3) is 7.81. The standard InChI is InChI=1S/C20H21Cl2N3O2/c1-14(7-8-15-5-3-2-4-6-15)24-25-20(27)12-11-19(26)23-18-13-16(21)9-10-17(18)22/h2-6,9-10,13H,7-8,11-12H2,1H3,(H,23,26)(H,25,27)/b24-14-. The summed E-state index contributed by atoms with van der Waals surface area (Å²) < 4.78 is 0. The molecular weight excluding hydrogens is 385 g/mol. The fraction of sp³-hybridized carbons (Fsp3) is 0.250. The molecule has 0 unspecified atom stereocenters. The van der Waals surface area contributed by atoms with Crippen molar-refractivity contribution in [2.45, 2.75) is 32.6 Å². The van der Waals surface area contributed by atoms with Gasteiger partial charge in [-0.3, -0.25) is 9.59 Å². The van der Waals surface area contributed by atoms with E-state index in [9.17, 15) is 9.59 Å². The molecule has 2 rings (SSSR count). The van der Waals surface area contributed by atoms with Gasteiger partial charge in [-0.05, 0) is 43.5 Å². The molecule has 27 heavy (non-hydrogen) atoms. The van der Waals surface area contributed by atoms with E-state index >= 15 is 0 Å². The number of rotatable bonds is 8. The van der Waals surface area contributed by atoms with Gasteiger partial charge in [-0.25, -0.2) is 5.43 Å². The maximum atomic E-state index is 11.9. The summed E-state index contributed by atoms with van der Waals surface area (Å²) in [5.41, 5.74) is 4.94. The first-order valence-corrected chi connectivity index (χ1v) is 9.30. The van der Waals surface area contributed by atoms with Gasteiger partial charge in [0.05, 0.1) is 10.7 Å². The van der Waals surface area contributed by atoms with Gasteiger partial charge in [-0.1, -0.05) is 53.5 Å². The average molecular weight is 406 g/mol. The molecule has 7 heteroatoms. The number of amides is 2. The van der Waals surface area contributed by atoms with E-state index in [1.165, 1.54) is 5.56 Å². The molecule has 142 valence electrons. The molecule has 0 radical (unpaired) electrons. The molecule has 0 aliphatic heterocycles. The van der Waals surface area contributed by atoms with Crippen molar-refractivity contribution in [2.75, 3.05) is 5.32 Å². The third-order valence-electron chi connectivity index (χ3n) is 3.77. The predicted molar refractivity (Wildman–Crippen MR) is 110 cm³/mol. The molecule has 0 atom stereocenters. The van der Waals surface area contributed by atoms with Crippen LogP contribution in [0.25, 0.3) is 0 Å². The van der Waals surface area contributed by atoms with Crippen LogP contribution < -0.4 is 10.7 Å². The molecule has 2 aromatic carbocycles. The lowest BCUT2D eigenvalue weighted by molar-refractivity contribution is -0.124. The summed E-state index contributed by atoms with van der Waals surface area (Å²) in [6.45, 7) is 1.86. The molecule has 2 amide bonds. The largest absolute Gasteiger partial charge is 0.325 e. The quantitative estimate of drug-likeness (QED) is 0.487. The maximum Gasteiger partial charge on any atom is 0.240 e. The lowest BCUT2D eigenvalue weighted by Gasteiger charge is -2.07. The normalized spacial score (nSPS) is 11.1. The highest BCUT2D eigenvalue weighted by Gasteiger charge is 2.09. The monoisotopic (exact) mass is 405 g/mol. The number of hydrazone groups is 1. The number of anilines is 1. The van der Waals surface area contributed by atoms with E-state index in [1.807, 2.05) is 25.1 Å². The van der Waals surface area contributed by atoms with E-state index in [0.717, 1.165) is 18.6 Å². The van der Waals surface area contributed by atoms with Crippen LogP contribution in [0.15, 0.2) is 53.6 Å². The lowest BCUT2D eigenvalue weighted by atomic mass is 10.1. The summed E-state index contributed by atoms with van der Waals surface area (Å²) >= 11 is 11.9. The first-order chi connectivity index (χ1) is 12.9. The number of aryl methyl sites for hydroxylation is 1. The van der Waals surface area contributed by atoms with Crippen LogP contribution in [0.1, 0.15) is 31.7 Å². The summed E-state index contributed by atoms with van der Waals surface area (Å²) in [4.78, 5) is 23.8. The predicted octanol–water partition coefficient (Wildman–Crippen LogP) is 4.84. The Labute approximate surface area is 168 Å². The minimum Gasteiger partial charge on any atom is -0.325 e. The first-order valence-electron chi connectivity index (χ1n) is 8.55. The molecule has 0 heterocycles.